The zero-order valence-electron chi connectivity index (χ0n) is 13.8. The van der Waals surface area contributed by atoms with Gasteiger partial charge in [0.15, 0.2) is 0 Å². The number of rotatable bonds is 6. The van der Waals surface area contributed by atoms with Crippen LogP contribution in [0.25, 0.3) is 0 Å². The summed E-state index contributed by atoms with van der Waals surface area (Å²) in [5, 5.41) is 12.7. The topological polar surface area (TPSA) is 79.2 Å². The largest absolute Gasteiger partial charge is 0.465 e. The average Bonchev–Trinajstić information content (AvgIpc) is 2.59. The Kier molecular flexibility index (Phi) is 6.44. The normalized spacial score (nSPS) is 17.2. The highest BCUT2D eigenvalue weighted by Gasteiger charge is 2.29. The van der Waals surface area contributed by atoms with Crippen LogP contribution in [0.3, 0.4) is 0 Å². The average molecular weight is 344 g/mol. The van der Waals surface area contributed by atoms with Gasteiger partial charge in [-0.3, -0.25) is 9.59 Å². The third-order valence-corrected chi connectivity index (χ3v) is 4.78. The molecule has 6 heteroatoms. The van der Waals surface area contributed by atoms with Gasteiger partial charge in [0.05, 0.1) is 29.0 Å². The highest BCUT2D eigenvalue weighted by Crippen LogP contribution is 2.36. The summed E-state index contributed by atoms with van der Waals surface area (Å²) in [4.78, 5) is 23.6. The second-order valence-electron chi connectivity index (χ2n) is 5.35. The van der Waals surface area contributed by atoms with Crippen LogP contribution in [0.15, 0.2) is 34.9 Å². The Labute approximate surface area is 146 Å². The minimum Gasteiger partial charge on any atom is -0.465 e. The summed E-state index contributed by atoms with van der Waals surface area (Å²) in [6.45, 7) is 4.12. The van der Waals surface area contributed by atoms with Crippen molar-refractivity contribution in [2.45, 2.75) is 32.6 Å². The number of nitriles is 1. The molecular formula is C18H20N2O3S. The summed E-state index contributed by atoms with van der Waals surface area (Å²) in [7, 11) is 0. The Balaban J connectivity index is 2.25. The summed E-state index contributed by atoms with van der Waals surface area (Å²) >= 11 is 1.14. The van der Waals surface area contributed by atoms with Gasteiger partial charge in [-0.15, -0.1) is 0 Å². The van der Waals surface area contributed by atoms with Crippen LogP contribution in [-0.4, -0.2) is 24.2 Å². The van der Waals surface area contributed by atoms with Gasteiger partial charge in [-0.2, -0.15) is 5.26 Å². The number of carbonyl (C=O) groups excluding carboxylic acids is 2. The predicted octanol–water partition coefficient (Wildman–Crippen LogP) is 2.88. The maximum absolute atomic E-state index is 12.0. The predicted molar refractivity (Wildman–Crippen MR) is 93.1 cm³/mol. The van der Waals surface area contributed by atoms with Gasteiger partial charge < -0.3 is 10.1 Å². The minimum atomic E-state index is -0.365. The van der Waals surface area contributed by atoms with Crippen molar-refractivity contribution in [1.82, 2.24) is 5.32 Å². The van der Waals surface area contributed by atoms with Crippen LogP contribution in [0.5, 0.6) is 0 Å². The molecule has 1 aliphatic rings. The second kappa shape index (κ2) is 8.55. The third-order valence-electron chi connectivity index (χ3n) is 3.79. The molecule has 1 aromatic rings. The van der Waals surface area contributed by atoms with Gasteiger partial charge in [-0.05, 0) is 24.5 Å². The molecule has 1 N–H and O–H groups in total. The van der Waals surface area contributed by atoms with E-state index in [1.54, 1.807) is 6.92 Å². The molecule has 1 aliphatic heterocycles. The number of hydrogen-bond donors (Lipinski definition) is 1. The monoisotopic (exact) mass is 344 g/mol. The van der Waals surface area contributed by atoms with Gasteiger partial charge in [0, 0.05) is 12.3 Å². The van der Waals surface area contributed by atoms with Crippen LogP contribution >= 0.6 is 11.8 Å². The maximum Gasteiger partial charge on any atom is 0.316 e. The first-order valence-corrected chi connectivity index (χ1v) is 8.88. The lowest BCUT2D eigenvalue weighted by Gasteiger charge is -2.25. The van der Waals surface area contributed by atoms with Gasteiger partial charge in [0.25, 0.3) is 0 Å². The highest BCUT2D eigenvalue weighted by molar-refractivity contribution is 8.03. The van der Waals surface area contributed by atoms with Gasteiger partial charge in [-0.1, -0.05) is 43.0 Å². The van der Waals surface area contributed by atoms with E-state index in [1.165, 1.54) is 5.56 Å². The molecule has 1 heterocycles. The number of aryl methyl sites for hydroxylation is 1. The molecule has 0 saturated carbocycles. The molecule has 0 radical (unpaired) electrons. The zero-order valence-corrected chi connectivity index (χ0v) is 14.6. The van der Waals surface area contributed by atoms with Crippen molar-refractivity contribution in [2.75, 3.05) is 12.4 Å². The molecule has 0 saturated heterocycles. The van der Waals surface area contributed by atoms with Crippen molar-refractivity contribution in [3.05, 3.63) is 46.0 Å². The van der Waals surface area contributed by atoms with E-state index in [1.807, 2.05) is 24.3 Å². The first-order chi connectivity index (χ1) is 11.6. The Morgan fingerprint density at radius 2 is 2.08 bits per heavy atom. The standard InChI is InChI=1S/C18H20N2O3S/c1-3-12-5-7-13(8-6-12)14-9-16(21)20-18(15(14)10-19)24-11-17(22)23-4-2/h5-8,14H,3-4,9,11H2,1-2H3,(H,20,21)/t14-/m1/s1. The van der Waals surface area contributed by atoms with E-state index < -0.39 is 0 Å². The van der Waals surface area contributed by atoms with E-state index in [2.05, 4.69) is 18.3 Å². The molecule has 2 rings (SSSR count). The quantitative estimate of drug-likeness (QED) is 0.803. The number of benzene rings is 1. The van der Waals surface area contributed by atoms with E-state index in [0.29, 0.717) is 17.2 Å². The number of ether oxygens (including phenoxy) is 1. The van der Waals surface area contributed by atoms with Crippen LogP contribution in [0.2, 0.25) is 0 Å². The number of allylic oxidation sites excluding steroid dienone is 1. The lowest BCUT2D eigenvalue weighted by atomic mass is 9.86. The van der Waals surface area contributed by atoms with Gasteiger partial charge >= 0.3 is 5.97 Å². The van der Waals surface area contributed by atoms with Gasteiger partial charge in [-0.25, -0.2) is 0 Å². The molecule has 0 spiro atoms. The van der Waals surface area contributed by atoms with Gasteiger partial charge in [0.1, 0.15) is 0 Å². The van der Waals surface area contributed by atoms with E-state index in [0.717, 1.165) is 23.7 Å². The number of thioether (sulfide) groups is 1. The van der Waals surface area contributed by atoms with E-state index in [9.17, 15) is 14.9 Å². The molecule has 126 valence electrons. The van der Waals surface area contributed by atoms with Crippen molar-refractivity contribution >= 4 is 23.6 Å². The van der Waals surface area contributed by atoms with Crippen LogP contribution in [-0.2, 0) is 20.7 Å². The lowest BCUT2D eigenvalue weighted by molar-refractivity contribution is -0.139. The van der Waals surface area contributed by atoms with Crippen molar-refractivity contribution in [3.63, 3.8) is 0 Å². The number of nitrogens with zero attached hydrogens (tertiary/aromatic N) is 1. The van der Waals surface area contributed by atoms with Crippen LogP contribution in [0.1, 0.15) is 37.3 Å². The fourth-order valence-electron chi connectivity index (χ4n) is 2.54. The van der Waals surface area contributed by atoms with Gasteiger partial charge in [0.2, 0.25) is 5.91 Å². The molecule has 5 nitrogen and oxygen atoms in total. The van der Waals surface area contributed by atoms with Crippen LogP contribution in [0, 0.1) is 11.3 Å². The van der Waals surface area contributed by atoms with Crippen molar-refractivity contribution in [3.8, 4) is 6.07 Å². The van der Waals surface area contributed by atoms with E-state index >= 15 is 0 Å². The third kappa shape index (κ3) is 4.39. The van der Waals surface area contributed by atoms with Crippen LogP contribution in [0.4, 0.5) is 0 Å². The molecule has 0 fully saturated rings. The van der Waals surface area contributed by atoms with Crippen molar-refractivity contribution in [1.29, 1.82) is 5.26 Å². The summed E-state index contributed by atoms with van der Waals surface area (Å²) in [6.07, 6.45) is 1.17. The van der Waals surface area contributed by atoms with E-state index in [-0.39, 0.29) is 30.0 Å². The number of nitrogens with one attached hydrogen (secondary N) is 1. The fraction of sp³-hybridized carbons (Fsp3) is 0.389. The Morgan fingerprint density at radius 3 is 2.67 bits per heavy atom. The molecule has 1 aromatic carbocycles. The zero-order chi connectivity index (χ0) is 17.5. The summed E-state index contributed by atoms with van der Waals surface area (Å²) in [6, 6.07) is 10.2. The first kappa shape index (κ1) is 18.1. The number of amides is 1. The summed E-state index contributed by atoms with van der Waals surface area (Å²) < 4.78 is 4.89. The SMILES string of the molecule is CCOC(=O)CSC1=C(C#N)[C@@H](c2ccc(CC)cc2)CC(=O)N1. The molecule has 24 heavy (non-hydrogen) atoms. The molecule has 1 amide bonds. The number of hydrogen-bond acceptors (Lipinski definition) is 5. The van der Waals surface area contributed by atoms with E-state index in [4.69, 9.17) is 4.74 Å². The van der Waals surface area contributed by atoms with Crippen LogP contribution < -0.4 is 5.32 Å². The smallest absolute Gasteiger partial charge is 0.316 e. The number of carbonyl (C=O) groups is 2. The second-order valence-corrected chi connectivity index (χ2v) is 6.33. The maximum atomic E-state index is 12.0. The minimum absolute atomic E-state index is 0.0656. The van der Waals surface area contributed by atoms with Crippen molar-refractivity contribution < 1.29 is 14.3 Å². The lowest BCUT2D eigenvalue weighted by Crippen LogP contribution is -2.31. The summed E-state index contributed by atoms with van der Waals surface area (Å²) in [5.41, 5.74) is 2.64. The molecule has 0 unspecified atom stereocenters. The first-order valence-electron chi connectivity index (χ1n) is 7.90. The Hall–Kier alpha value is -2.26. The number of esters is 1. The molecule has 1 atom stereocenters. The molecule has 0 bridgehead atoms. The van der Waals surface area contributed by atoms with Crippen molar-refractivity contribution in [2.24, 2.45) is 0 Å². The summed E-state index contributed by atoms with van der Waals surface area (Å²) in [5.74, 6) is -0.726. The molecule has 0 aromatic heterocycles. The Bertz CT molecular complexity index is 689. The molecular weight excluding hydrogens is 324 g/mol. The highest BCUT2D eigenvalue weighted by atomic mass is 32.2. The fourth-order valence-corrected chi connectivity index (χ4v) is 3.41. The molecule has 0 aliphatic carbocycles. The Morgan fingerprint density at radius 1 is 1.38 bits per heavy atom.